The molecule has 0 heterocycles. The van der Waals surface area contributed by atoms with E-state index < -0.39 is 58.4 Å². The molecule has 298 valence electrons. The van der Waals surface area contributed by atoms with Crippen LogP contribution in [0.3, 0.4) is 0 Å². The summed E-state index contributed by atoms with van der Waals surface area (Å²) in [6.07, 6.45) is 40.4. The van der Waals surface area contributed by atoms with Crippen molar-refractivity contribution in [2.75, 3.05) is 26.4 Å². The lowest BCUT2D eigenvalue weighted by Crippen LogP contribution is -2.28. The van der Waals surface area contributed by atoms with Gasteiger partial charge in [0.25, 0.3) is 0 Å². The third-order valence-electron chi connectivity index (χ3n) is 7.67. The largest absolute Gasteiger partial charge is 0.472 e. The Morgan fingerprint density at radius 3 is 1.42 bits per heavy atom. The lowest BCUT2D eigenvalue weighted by atomic mass is 10.1. The van der Waals surface area contributed by atoms with Crippen LogP contribution in [0.5, 0.6) is 0 Å². The molecule has 3 atom stereocenters. The van der Waals surface area contributed by atoms with Gasteiger partial charge in [0.15, 0.2) is 0 Å². The molecule has 0 amide bonds. The van der Waals surface area contributed by atoms with E-state index in [1.165, 1.54) is 32.1 Å². The number of hydrogen-bond donors (Lipinski definition) is 3. The Balaban J connectivity index is 4.09. The minimum absolute atomic E-state index is 0.0662. The highest BCUT2D eigenvalue weighted by atomic mass is 31.2. The van der Waals surface area contributed by atoms with Gasteiger partial charge in [0, 0.05) is 12.8 Å². The molecule has 3 unspecified atom stereocenters. The van der Waals surface area contributed by atoms with E-state index in [2.05, 4.69) is 68.5 Å². The summed E-state index contributed by atoms with van der Waals surface area (Å²) in [6.45, 7) is 1.94. The Kier molecular flexibility index (Phi) is 34.9. The number of rotatable bonds is 35. The first-order valence-electron chi connectivity index (χ1n) is 19.4. The third-order valence-corrected chi connectivity index (χ3v) is 8.62. The van der Waals surface area contributed by atoms with Crippen LogP contribution in [0.2, 0.25) is 0 Å². The number of esters is 2. The zero-order valence-corrected chi connectivity index (χ0v) is 32.9. The van der Waals surface area contributed by atoms with Gasteiger partial charge in [0.05, 0.1) is 26.4 Å². The third kappa shape index (κ3) is 34.5. The van der Waals surface area contributed by atoms with Crippen molar-refractivity contribution in [3.05, 3.63) is 72.9 Å². The molecule has 0 spiro atoms. The number of hydrogen-bond acceptors (Lipinski definition) is 9. The van der Waals surface area contributed by atoms with Crippen LogP contribution in [0.1, 0.15) is 136 Å². The van der Waals surface area contributed by atoms with E-state index in [4.69, 9.17) is 18.5 Å². The first-order chi connectivity index (χ1) is 25.3. The second-order valence-electron chi connectivity index (χ2n) is 12.5. The topological polar surface area (TPSA) is 149 Å². The zero-order valence-electron chi connectivity index (χ0n) is 32.0. The maximum absolute atomic E-state index is 12.3. The highest BCUT2D eigenvalue weighted by Gasteiger charge is 2.27. The van der Waals surface area contributed by atoms with Gasteiger partial charge in [-0.3, -0.25) is 18.6 Å². The molecule has 0 saturated carbocycles. The summed E-state index contributed by atoms with van der Waals surface area (Å²) in [7, 11) is -4.66. The molecule has 0 aliphatic rings. The highest BCUT2D eigenvalue weighted by molar-refractivity contribution is 7.47. The molecule has 0 saturated heterocycles. The van der Waals surface area contributed by atoms with Gasteiger partial charge >= 0.3 is 19.8 Å². The number of aliphatic hydroxyl groups excluding tert-OH is 2. The SMILES string of the molecule is CC/C=C\C/C=C\C/C=C\C/C=C\CCC(=O)OC(CO)COP(=O)(O)OCC(CO)OC(=O)CCCCCCC/C=C\C/C=C\CCCCCC. The number of carbonyl (C=O) groups excluding carboxylic acids is 2. The number of aliphatic hydroxyl groups is 2. The molecule has 0 fully saturated rings. The highest BCUT2D eigenvalue weighted by Crippen LogP contribution is 2.43. The van der Waals surface area contributed by atoms with E-state index in [9.17, 15) is 29.3 Å². The molecule has 11 heteroatoms. The molecule has 0 aromatic carbocycles. The first kappa shape index (κ1) is 49.4. The summed E-state index contributed by atoms with van der Waals surface area (Å²) in [6, 6.07) is 0. The van der Waals surface area contributed by atoms with Crippen LogP contribution < -0.4 is 0 Å². The quantitative estimate of drug-likeness (QED) is 0.0247. The van der Waals surface area contributed by atoms with Crippen molar-refractivity contribution < 1.29 is 47.8 Å². The van der Waals surface area contributed by atoms with Crippen LogP contribution in [0.25, 0.3) is 0 Å². The molecule has 0 aliphatic heterocycles. The predicted molar refractivity (Wildman–Crippen MR) is 210 cm³/mol. The Morgan fingerprint density at radius 1 is 0.538 bits per heavy atom. The van der Waals surface area contributed by atoms with Crippen molar-refractivity contribution in [2.24, 2.45) is 0 Å². The number of phosphoric ester groups is 1. The minimum Gasteiger partial charge on any atom is -0.457 e. The Bertz CT molecular complexity index is 1100. The van der Waals surface area contributed by atoms with Crippen molar-refractivity contribution in [3.63, 3.8) is 0 Å². The molecule has 0 bridgehead atoms. The van der Waals surface area contributed by atoms with Crippen molar-refractivity contribution in [1.29, 1.82) is 0 Å². The summed E-state index contributed by atoms with van der Waals surface area (Å²) in [5, 5.41) is 19.1. The van der Waals surface area contributed by atoms with Gasteiger partial charge in [-0.05, 0) is 70.6 Å². The van der Waals surface area contributed by atoms with E-state index in [0.717, 1.165) is 64.2 Å². The summed E-state index contributed by atoms with van der Waals surface area (Å²) in [5.41, 5.74) is 0. The van der Waals surface area contributed by atoms with Gasteiger partial charge in [0.2, 0.25) is 0 Å². The van der Waals surface area contributed by atoms with Gasteiger partial charge in [-0.2, -0.15) is 0 Å². The van der Waals surface area contributed by atoms with Gasteiger partial charge < -0.3 is 24.6 Å². The summed E-state index contributed by atoms with van der Waals surface area (Å²) >= 11 is 0. The van der Waals surface area contributed by atoms with Crippen LogP contribution >= 0.6 is 7.82 Å². The molecule has 0 rings (SSSR count). The predicted octanol–water partition coefficient (Wildman–Crippen LogP) is 9.72. The molecular weight excluding hydrogens is 683 g/mol. The monoisotopic (exact) mass is 752 g/mol. The van der Waals surface area contributed by atoms with Crippen molar-refractivity contribution in [1.82, 2.24) is 0 Å². The van der Waals surface area contributed by atoms with Crippen molar-refractivity contribution >= 4 is 19.8 Å². The normalized spacial score (nSPS) is 14.8. The molecule has 10 nitrogen and oxygen atoms in total. The van der Waals surface area contributed by atoms with Crippen molar-refractivity contribution in [2.45, 2.75) is 148 Å². The van der Waals surface area contributed by atoms with E-state index in [-0.39, 0.29) is 12.8 Å². The lowest BCUT2D eigenvalue weighted by Gasteiger charge is -2.20. The molecular formula is C41H69O10P. The average molecular weight is 753 g/mol. The number of phosphoric acid groups is 1. The second-order valence-corrected chi connectivity index (χ2v) is 14.0. The van der Waals surface area contributed by atoms with Crippen LogP contribution in [0, 0.1) is 0 Å². The minimum atomic E-state index is -4.66. The fraction of sp³-hybridized carbons (Fsp3) is 0.659. The van der Waals surface area contributed by atoms with Crippen molar-refractivity contribution in [3.8, 4) is 0 Å². The van der Waals surface area contributed by atoms with Gasteiger partial charge in [-0.25, -0.2) is 4.57 Å². The fourth-order valence-corrected chi connectivity index (χ4v) is 5.47. The Hall–Kier alpha value is -2.59. The van der Waals surface area contributed by atoms with Crippen LogP contribution in [0.15, 0.2) is 72.9 Å². The molecule has 3 N–H and O–H groups in total. The second kappa shape index (κ2) is 36.8. The maximum Gasteiger partial charge on any atom is 0.472 e. The van der Waals surface area contributed by atoms with Gasteiger partial charge in [-0.1, -0.05) is 125 Å². The molecule has 0 radical (unpaired) electrons. The lowest BCUT2D eigenvalue weighted by molar-refractivity contribution is -0.153. The number of carbonyl (C=O) groups is 2. The summed E-state index contributed by atoms with van der Waals surface area (Å²) < 4.78 is 32.4. The molecule has 0 aromatic heterocycles. The Morgan fingerprint density at radius 2 is 0.942 bits per heavy atom. The zero-order chi connectivity index (χ0) is 38.4. The summed E-state index contributed by atoms with van der Waals surface area (Å²) in [5.74, 6) is -1.12. The van der Waals surface area contributed by atoms with Crippen LogP contribution in [-0.4, -0.2) is 65.7 Å². The number of allylic oxidation sites excluding steroid dienone is 12. The summed E-state index contributed by atoms with van der Waals surface area (Å²) in [4.78, 5) is 34.3. The van der Waals surface area contributed by atoms with Crippen LogP contribution in [0.4, 0.5) is 0 Å². The fourth-order valence-electron chi connectivity index (χ4n) is 4.69. The number of ether oxygens (including phenoxy) is 2. The van der Waals surface area contributed by atoms with E-state index >= 15 is 0 Å². The van der Waals surface area contributed by atoms with Gasteiger partial charge in [0.1, 0.15) is 12.2 Å². The van der Waals surface area contributed by atoms with E-state index in [0.29, 0.717) is 12.8 Å². The van der Waals surface area contributed by atoms with E-state index in [1.807, 2.05) is 18.2 Å². The average Bonchev–Trinajstić information content (AvgIpc) is 3.13. The molecule has 0 aromatic rings. The first-order valence-corrected chi connectivity index (χ1v) is 20.9. The van der Waals surface area contributed by atoms with Crippen LogP contribution in [-0.2, 0) is 32.7 Å². The standard InChI is InChI=1S/C41H69O10P/c1-3-5-7-9-11-13-15-17-18-19-21-23-25-27-29-31-33-41(45)51-39(35-43)37-49-52(46,47)48-36-38(34-42)50-40(44)32-30-28-26-24-22-20-16-14-12-10-8-6-4-2/h6,8,12-15,18-20,22,26,28,38-39,42-43H,3-5,7,9-11,16-17,21,23-25,27,29-37H2,1-2H3,(H,46,47)/b8-6-,14-12-,15-13-,19-18-,22-20-,28-26-. The smallest absolute Gasteiger partial charge is 0.457 e. The van der Waals surface area contributed by atoms with Gasteiger partial charge in [-0.15, -0.1) is 0 Å². The number of unbranched alkanes of at least 4 members (excludes halogenated alkanes) is 9. The molecule has 52 heavy (non-hydrogen) atoms. The Labute approximate surface area is 314 Å². The maximum atomic E-state index is 12.3. The van der Waals surface area contributed by atoms with E-state index in [1.54, 1.807) is 0 Å². The molecule has 0 aliphatic carbocycles.